The summed E-state index contributed by atoms with van der Waals surface area (Å²) in [5.74, 6) is 0. The first-order valence-electron chi connectivity index (χ1n) is 4.56. The lowest BCUT2D eigenvalue weighted by atomic mass is 11.7. The predicted octanol–water partition coefficient (Wildman–Crippen LogP) is -0.830. The largest absolute Gasteiger partial charge is 0.207 e. The van der Waals surface area contributed by atoms with Crippen molar-refractivity contribution >= 4 is 37.4 Å². The van der Waals surface area contributed by atoms with Gasteiger partial charge in [0.15, 0.2) is 8.80 Å². The van der Waals surface area contributed by atoms with E-state index in [2.05, 4.69) is 31.9 Å². The summed E-state index contributed by atoms with van der Waals surface area (Å²) in [5, 5.41) is 8.94. The molecule has 0 N–H and O–H groups in total. The fourth-order valence-electron chi connectivity index (χ4n) is 1.81. The number of nitriles is 1. The van der Waals surface area contributed by atoms with Gasteiger partial charge in [-0.15, -0.1) is 0 Å². The summed E-state index contributed by atoms with van der Waals surface area (Å²) >= 11 is 0. The SMILES string of the molecule is C[SiH2]C([SiH2]C)([SiH2]C)[SiH](C)C#N. The molecule has 64 valence electrons. The molecule has 0 aliphatic carbocycles. The lowest BCUT2D eigenvalue weighted by molar-refractivity contribution is 1.46. The fraction of sp³-hybridized carbons (Fsp3) is 0.833. The highest BCUT2D eigenvalue weighted by Crippen LogP contribution is 2.24. The highest BCUT2D eigenvalue weighted by Gasteiger charge is 2.32. The zero-order chi connectivity index (χ0) is 8.91. The van der Waals surface area contributed by atoms with Crippen LogP contribution in [0.4, 0.5) is 0 Å². The van der Waals surface area contributed by atoms with E-state index in [4.69, 9.17) is 5.26 Å². The molecule has 5 heteroatoms. The molecule has 0 saturated carbocycles. The maximum absolute atomic E-state index is 8.94. The molecule has 0 radical (unpaired) electrons. The molecule has 0 aliphatic heterocycles. The Morgan fingerprint density at radius 2 is 1.55 bits per heavy atom. The summed E-state index contributed by atoms with van der Waals surface area (Å²) in [7, 11) is -0.565. The molecule has 0 bridgehead atoms. The molecule has 0 spiro atoms. The van der Waals surface area contributed by atoms with Crippen LogP contribution in [-0.2, 0) is 0 Å². The van der Waals surface area contributed by atoms with E-state index >= 15 is 0 Å². The van der Waals surface area contributed by atoms with Crippen molar-refractivity contribution in [3.05, 3.63) is 0 Å². The maximum Gasteiger partial charge on any atom is 0.152 e. The van der Waals surface area contributed by atoms with Crippen molar-refractivity contribution in [3.63, 3.8) is 0 Å². The molecular weight excluding hydrogens is 198 g/mol. The summed E-state index contributed by atoms with van der Waals surface area (Å²) in [4.78, 5) is 0. The Bertz CT molecular complexity index is 141. The minimum Gasteiger partial charge on any atom is -0.207 e. The molecule has 11 heavy (non-hydrogen) atoms. The normalized spacial score (nSPS) is 21.7. The van der Waals surface area contributed by atoms with Crippen LogP contribution in [0.15, 0.2) is 0 Å². The molecule has 0 heterocycles. The summed E-state index contributed by atoms with van der Waals surface area (Å²) in [6, 6.07) is 0. The highest BCUT2D eigenvalue weighted by atomic mass is 28.4. The van der Waals surface area contributed by atoms with Gasteiger partial charge in [-0.1, -0.05) is 30.1 Å². The van der Waals surface area contributed by atoms with Gasteiger partial charge in [-0.05, 0) is 0 Å². The van der Waals surface area contributed by atoms with E-state index in [1.807, 2.05) is 0 Å². The minimum atomic E-state index is -0.941. The summed E-state index contributed by atoms with van der Waals surface area (Å²) in [5.41, 5.74) is 2.60. The second-order valence-electron chi connectivity index (χ2n) is 3.27. The Kier molecular flexibility index (Phi) is 5.25. The third-order valence-electron chi connectivity index (χ3n) is 3.22. The lowest BCUT2D eigenvalue weighted by Gasteiger charge is -2.30. The van der Waals surface area contributed by atoms with E-state index in [1.54, 1.807) is 0 Å². The van der Waals surface area contributed by atoms with Crippen molar-refractivity contribution in [2.24, 2.45) is 0 Å². The topological polar surface area (TPSA) is 23.8 Å². The molecule has 0 amide bonds. The molecule has 0 aromatic heterocycles. The Morgan fingerprint density at radius 1 is 1.18 bits per heavy atom. The number of nitrogens with zero attached hydrogens (tertiary/aromatic N) is 1. The molecule has 0 fully saturated rings. The molecular formula is C6H19NSi4. The van der Waals surface area contributed by atoms with Gasteiger partial charge in [0.05, 0.1) is 0 Å². The quantitative estimate of drug-likeness (QED) is 0.564. The second kappa shape index (κ2) is 5.08. The molecule has 1 nitrogen and oxygen atoms in total. The van der Waals surface area contributed by atoms with Crippen LogP contribution < -0.4 is 0 Å². The van der Waals surface area contributed by atoms with Crippen LogP contribution in [0.2, 0.25) is 30.1 Å². The molecule has 0 aliphatic rings. The highest BCUT2D eigenvalue weighted by molar-refractivity contribution is 7.02. The van der Waals surface area contributed by atoms with E-state index in [1.165, 1.54) is 0 Å². The summed E-state index contributed by atoms with van der Waals surface area (Å²) < 4.78 is 0.828. The number of hydrogen-bond acceptors (Lipinski definition) is 1. The van der Waals surface area contributed by atoms with Crippen LogP contribution >= 0.6 is 0 Å². The van der Waals surface area contributed by atoms with Gasteiger partial charge in [0.1, 0.15) is 0 Å². The second-order valence-corrected chi connectivity index (χ2v) is 18.0. The van der Waals surface area contributed by atoms with Gasteiger partial charge in [-0.3, -0.25) is 0 Å². The van der Waals surface area contributed by atoms with Gasteiger partial charge in [0.25, 0.3) is 0 Å². The van der Waals surface area contributed by atoms with Crippen molar-refractivity contribution in [2.45, 2.75) is 30.1 Å². The van der Waals surface area contributed by atoms with Gasteiger partial charge in [0.2, 0.25) is 0 Å². The molecule has 0 rings (SSSR count). The van der Waals surface area contributed by atoms with Crippen LogP contribution in [0.1, 0.15) is 0 Å². The van der Waals surface area contributed by atoms with Crippen LogP contribution in [0.25, 0.3) is 0 Å². The zero-order valence-electron chi connectivity index (χ0n) is 8.15. The van der Waals surface area contributed by atoms with Crippen molar-refractivity contribution in [1.82, 2.24) is 0 Å². The molecule has 0 saturated heterocycles. The monoisotopic (exact) mass is 217 g/mol. The first-order chi connectivity index (χ1) is 5.16. The lowest BCUT2D eigenvalue weighted by Crippen LogP contribution is -2.42. The smallest absolute Gasteiger partial charge is 0.152 e. The first-order valence-corrected chi connectivity index (χ1v) is 13.2. The van der Waals surface area contributed by atoms with Gasteiger partial charge in [-0.25, -0.2) is 5.26 Å². The standard InChI is InChI=1S/C6H19NSi4/c1-8-6(9-2,10-3)11(4)5-7/h11H,8-10H2,1-4H3. The van der Waals surface area contributed by atoms with Crippen molar-refractivity contribution in [3.8, 4) is 5.69 Å². The number of hydrogen-bond donors (Lipinski definition) is 0. The molecule has 1 atom stereocenters. The minimum absolute atomic E-state index is 0.125. The Morgan fingerprint density at radius 3 is 1.64 bits per heavy atom. The fourth-order valence-corrected chi connectivity index (χ4v) is 16.2. The van der Waals surface area contributed by atoms with Gasteiger partial charge in [0, 0.05) is 34.3 Å². The number of rotatable bonds is 4. The summed E-state index contributed by atoms with van der Waals surface area (Å²) in [6.07, 6.45) is 0. The average Bonchev–Trinajstić information content (AvgIpc) is 2.08. The van der Waals surface area contributed by atoms with Crippen LogP contribution in [-0.4, -0.2) is 37.4 Å². The summed E-state index contributed by atoms with van der Waals surface area (Å²) in [6.45, 7) is 9.55. The van der Waals surface area contributed by atoms with Crippen molar-refractivity contribution in [1.29, 1.82) is 5.26 Å². The van der Waals surface area contributed by atoms with Crippen molar-refractivity contribution in [2.75, 3.05) is 0 Å². The predicted molar refractivity (Wildman–Crippen MR) is 64.5 cm³/mol. The third kappa shape index (κ3) is 2.40. The van der Waals surface area contributed by atoms with Crippen molar-refractivity contribution < 1.29 is 0 Å². The van der Waals surface area contributed by atoms with Gasteiger partial charge in [-0.2, -0.15) is 0 Å². The Hall–Kier alpha value is 0.358. The van der Waals surface area contributed by atoms with Gasteiger partial charge < -0.3 is 0 Å². The van der Waals surface area contributed by atoms with Crippen LogP contribution in [0.5, 0.6) is 0 Å². The van der Waals surface area contributed by atoms with E-state index in [0.717, 1.165) is 3.91 Å². The van der Waals surface area contributed by atoms with E-state index in [0.29, 0.717) is 0 Å². The van der Waals surface area contributed by atoms with Crippen LogP contribution in [0.3, 0.4) is 0 Å². The molecule has 0 aromatic carbocycles. The van der Waals surface area contributed by atoms with E-state index in [9.17, 15) is 0 Å². The zero-order valence-corrected chi connectivity index (χ0v) is 13.5. The Balaban J connectivity index is 4.42. The Labute approximate surface area is 78.7 Å². The maximum atomic E-state index is 8.94. The van der Waals surface area contributed by atoms with Crippen LogP contribution in [0, 0.1) is 11.0 Å². The third-order valence-corrected chi connectivity index (χ3v) is 27.9. The van der Waals surface area contributed by atoms with Gasteiger partial charge >= 0.3 is 0 Å². The molecule has 0 aromatic rings. The van der Waals surface area contributed by atoms with E-state index < -0.39 is 8.80 Å². The average molecular weight is 218 g/mol. The first kappa shape index (κ1) is 11.4. The van der Waals surface area contributed by atoms with E-state index in [-0.39, 0.29) is 28.6 Å². The molecule has 1 unspecified atom stereocenters.